The minimum Gasteiger partial charge on any atom is -0.493 e. The van der Waals surface area contributed by atoms with Crippen molar-refractivity contribution in [2.24, 2.45) is 0 Å². The summed E-state index contributed by atoms with van der Waals surface area (Å²) in [5, 5.41) is 0.963. The van der Waals surface area contributed by atoms with Crippen LogP contribution in [0, 0.1) is 0 Å². The maximum Gasteiger partial charge on any atom is 0.348 e. The van der Waals surface area contributed by atoms with Crippen LogP contribution in [0.1, 0.15) is 25.5 Å². The maximum absolute atomic E-state index is 12.6. The fourth-order valence-electron chi connectivity index (χ4n) is 3.23. The van der Waals surface area contributed by atoms with Gasteiger partial charge in [-0.3, -0.25) is 4.57 Å². The Bertz CT molecular complexity index is 943. The summed E-state index contributed by atoms with van der Waals surface area (Å²) >= 11 is 0. The van der Waals surface area contributed by atoms with E-state index in [4.69, 9.17) is 4.74 Å². The second kappa shape index (κ2) is 5.23. The van der Waals surface area contributed by atoms with Crippen LogP contribution in [0.5, 0.6) is 5.75 Å². The standard InChI is InChI=1S/C19H18N2O2/c1-12(2)21-16-10-14-8-9-23-17(14)11-15(16)18(20-19(21)22)13-6-4-3-5-7-13/h3-7,10-12H,8-9H2,1-2H3. The Kier molecular flexibility index (Phi) is 3.18. The second-order valence-electron chi connectivity index (χ2n) is 6.15. The molecule has 4 rings (SSSR count). The molecule has 0 fully saturated rings. The lowest BCUT2D eigenvalue weighted by Gasteiger charge is -2.16. The lowest BCUT2D eigenvalue weighted by Crippen LogP contribution is -2.25. The molecule has 0 bridgehead atoms. The molecule has 0 aliphatic carbocycles. The molecule has 1 aliphatic rings. The quantitative estimate of drug-likeness (QED) is 0.727. The molecule has 23 heavy (non-hydrogen) atoms. The Labute approximate surface area is 134 Å². The predicted molar refractivity (Wildman–Crippen MR) is 91.0 cm³/mol. The number of ether oxygens (including phenoxy) is 1. The molecular formula is C19H18N2O2. The van der Waals surface area contributed by atoms with E-state index < -0.39 is 0 Å². The van der Waals surface area contributed by atoms with Gasteiger partial charge >= 0.3 is 5.69 Å². The third-order valence-electron chi connectivity index (χ3n) is 4.30. The lowest BCUT2D eigenvalue weighted by atomic mass is 10.0. The number of aromatic nitrogens is 2. The van der Waals surface area contributed by atoms with E-state index in [2.05, 4.69) is 11.1 Å². The van der Waals surface area contributed by atoms with Gasteiger partial charge in [-0.2, -0.15) is 4.98 Å². The Morgan fingerprint density at radius 2 is 1.96 bits per heavy atom. The van der Waals surface area contributed by atoms with Gasteiger partial charge in [-0.25, -0.2) is 4.79 Å². The van der Waals surface area contributed by atoms with E-state index in [1.807, 2.05) is 50.2 Å². The van der Waals surface area contributed by atoms with E-state index in [9.17, 15) is 4.79 Å². The van der Waals surface area contributed by atoms with E-state index in [1.165, 1.54) is 0 Å². The van der Waals surface area contributed by atoms with Gasteiger partial charge in [0.2, 0.25) is 0 Å². The number of nitrogens with zero attached hydrogens (tertiary/aromatic N) is 2. The molecule has 2 heterocycles. The molecule has 3 aromatic rings. The fraction of sp³-hybridized carbons (Fsp3) is 0.263. The smallest absolute Gasteiger partial charge is 0.348 e. The summed E-state index contributed by atoms with van der Waals surface area (Å²) in [6.07, 6.45) is 0.889. The van der Waals surface area contributed by atoms with Gasteiger partial charge in [0.1, 0.15) is 5.75 Å². The van der Waals surface area contributed by atoms with Crippen LogP contribution in [0.3, 0.4) is 0 Å². The molecule has 0 unspecified atom stereocenters. The monoisotopic (exact) mass is 306 g/mol. The molecule has 1 aliphatic heterocycles. The lowest BCUT2D eigenvalue weighted by molar-refractivity contribution is 0.357. The van der Waals surface area contributed by atoms with Gasteiger partial charge in [0.25, 0.3) is 0 Å². The van der Waals surface area contributed by atoms with Gasteiger partial charge in [0.05, 0.1) is 17.8 Å². The maximum atomic E-state index is 12.6. The second-order valence-corrected chi connectivity index (χ2v) is 6.15. The van der Waals surface area contributed by atoms with Crippen molar-refractivity contribution in [2.45, 2.75) is 26.3 Å². The zero-order chi connectivity index (χ0) is 16.0. The van der Waals surface area contributed by atoms with E-state index in [1.54, 1.807) is 4.57 Å². The first-order valence-electron chi connectivity index (χ1n) is 7.92. The first kappa shape index (κ1) is 14.0. The van der Waals surface area contributed by atoms with Gasteiger partial charge in [-0.1, -0.05) is 30.3 Å². The van der Waals surface area contributed by atoms with Crippen LogP contribution in [-0.2, 0) is 6.42 Å². The van der Waals surface area contributed by atoms with Crippen molar-refractivity contribution in [3.63, 3.8) is 0 Å². The van der Waals surface area contributed by atoms with Crippen molar-refractivity contribution in [2.75, 3.05) is 6.61 Å². The van der Waals surface area contributed by atoms with E-state index >= 15 is 0 Å². The number of hydrogen-bond donors (Lipinski definition) is 0. The summed E-state index contributed by atoms with van der Waals surface area (Å²) in [5.74, 6) is 0.908. The van der Waals surface area contributed by atoms with Crippen molar-refractivity contribution in [3.8, 4) is 17.0 Å². The van der Waals surface area contributed by atoms with Crippen LogP contribution in [0.2, 0.25) is 0 Å². The van der Waals surface area contributed by atoms with Gasteiger partial charge < -0.3 is 4.74 Å². The van der Waals surface area contributed by atoms with E-state index in [0.29, 0.717) is 6.61 Å². The van der Waals surface area contributed by atoms with Crippen molar-refractivity contribution in [1.82, 2.24) is 9.55 Å². The van der Waals surface area contributed by atoms with Crippen LogP contribution in [-0.4, -0.2) is 16.2 Å². The van der Waals surface area contributed by atoms with Gasteiger partial charge in [-0.15, -0.1) is 0 Å². The molecular weight excluding hydrogens is 288 g/mol. The number of rotatable bonds is 2. The first-order chi connectivity index (χ1) is 11.1. The molecule has 0 amide bonds. The van der Waals surface area contributed by atoms with Crippen molar-refractivity contribution in [1.29, 1.82) is 0 Å². The third kappa shape index (κ3) is 2.22. The summed E-state index contributed by atoms with van der Waals surface area (Å²) in [6.45, 7) is 4.72. The Balaban J connectivity index is 2.12. The molecule has 4 heteroatoms. The van der Waals surface area contributed by atoms with E-state index in [0.717, 1.165) is 39.9 Å². The SMILES string of the molecule is CC(C)n1c(=O)nc(-c2ccccc2)c2cc3c(cc21)CCO3. The predicted octanol–water partition coefficient (Wildman–Crippen LogP) is 3.58. The number of fused-ring (bicyclic) bond motifs is 2. The molecule has 116 valence electrons. The van der Waals surface area contributed by atoms with Crippen molar-refractivity contribution in [3.05, 3.63) is 58.5 Å². The zero-order valence-electron chi connectivity index (χ0n) is 13.2. The highest BCUT2D eigenvalue weighted by molar-refractivity contribution is 5.94. The minimum atomic E-state index is -0.204. The van der Waals surface area contributed by atoms with Gasteiger partial charge in [0.15, 0.2) is 0 Å². The summed E-state index contributed by atoms with van der Waals surface area (Å²) < 4.78 is 7.48. The third-order valence-corrected chi connectivity index (χ3v) is 4.30. The molecule has 1 aromatic heterocycles. The highest BCUT2D eigenvalue weighted by Gasteiger charge is 2.19. The molecule has 0 spiro atoms. The average Bonchev–Trinajstić information content (AvgIpc) is 3.00. The minimum absolute atomic E-state index is 0.0581. The number of hydrogen-bond acceptors (Lipinski definition) is 3. The van der Waals surface area contributed by atoms with Gasteiger partial charge in [0, 0.05) is 23.4 Å². The van der Waals surface area contributed by atoms with Crippen LogP contribution in [0.4, 0.5) is 0 Å². The Hall–Kier alpha value is -2.62. The Morgan fingerprint density at radius 3 is 2.70 bits per heavy atom. The van der Waals surface area contributed by atoms with Gasteiger partial charge in [-0.05, 0) is 31.5 Å². The van der Waals surface area contributed by atoms with Crippen molar-refractivity contribution < 1.29 is 4.74 Å². The van der Waals surface area contributed by atoms with Crippen molar-refractivity contribution >= 4 is 10.9 Å². The fourth-order valence-corrected chi connectivity index (χ4v) is 3.23. The molecule has 0 atom stereocenters. The molecule has 0 N–H and O–H groups in total. The first-order valence-corrected chi connectivity index (χ1v) is 7.92. The zero-order valence-corrected chi connectivity index (χ0v) is 13.2. The molecule has 0 saturated carbocycles. The van der Waals surface area contributed by atoms with Crippen LogP contribution >= 0.6 is 0 Å². The van der Waals surface area contributed by atoms with Crippen LogP contribution < -0.4 is 10.4 Å². The molecule has 0 radical (unpaired) electrons. The summed E-state index contributed by atoms with van der Waals surface area (Å²) in [4.78, 5) is 17.0. The molecule has 2 aromatic carbocycles. The summed E-state index contributed by atoms with van der Waals surface area (Å²) in [7, 11) is 0. The molecule has 4 nitrogen and oxygen atoms in total. The summed E-state index contributed by atoms with van der Waals surface area (Å²) in [5.41, 5.74) is 3.56. The topological polar surface area (TPSA) is 44.1 Å². The Morgan fingerprint density at radius 1 is 1.17 bits per heavy atom. The largest absolute Gasteiger partial charge is 0.493 e. The molecule has 0 saturated heterocycles. The van der Waals surface area contributed by atoms with E-state index in [-0.39, 0.29) is 11.7 Å². The average molecular weight is 306 g/mol. The summed E-state index contributed by atoms with van der Waals surface area (Å²) in [6, 6.07) is 14.0. The number of benzene rings is 2. The van der Waals surface area contributed by atoms with Crippen LogP contribution in [0.25, 0.3) is 22.2 Å². The van der Waals surface area contributed by atoms with Crippen LogP contribution in [0.15, 0.2) is 47.3 Å². The highest BCUT2D eigenvalue weighted by Crippen LogP contribution is 2.34. The highest BCUT2D eigenvalue weighted by atomic mass is 16.5. The normalized spacial score (nSPS) is 13.3.